The fourth-order valence-corrected chi connectivity index (χ4v) is 0.127. The van der Waals surface area contributed by atoms with Gasteiger partial charge in [0.2, 0.25) is 0 Å². The van der Waals surface area contributed by atoms with Crippen LogP contribution in [0.15, 0.2) is 4.99 Å². The predicted molar refractivity (Wildman–Crippen MR) is 28.0 cm³/mol. The van der Waals surface area contributed by atoms with Crippen LogP contribution in [0.1, 0.15) is 6.92 Å². The maximum atomic E-state index is 5.07. The molecule has 0 atom stereocenters. The Morgan fingerprint density at radius 2 is 2.33 bits per heavy atom. The van der Waals surface area contributed by atoms with Crippen molar-refractivity contribution in [2.75, 3.05) is 7.05 Å². The van der Waals surface area contributed by atoms with Crippen LogP contribution in [-0.2, 0) is 0 Å². The summed E-state index contributed by atoms with van der Waals surface area (Å²) in [5, 5.41) is 0. The molecule has 0 aromatic heterocycles. The second kappa shape index (κ2) is 2.97. The molecule has 0 bridgehead atoms. The van der Waals surface area contributed by atoms with Gasteiger partial charge in [-0.2, -0.15) is 0 Å². The Bertz CT molecular complexity index is 59.8. The summed E-state index contributed by atoms with van der Waals surface area (Å²) in [7, 11) is 1.67. The first kappa shape index (κ1) is 5.76. The molecule has 0 aliphatic rings. The fourth-order valence-electron chi connectivity index (χ4n) is 0.0423. The lowest BCUT2D eigenvalue weighted by atomic mass is 10.7. The standard InChI is InChI=1S/C3H7ClN2/c1-3(5-2)6-4/h1-2H3,(H,5,6). The average molecular weight is 107 g/mol. The molecule has 6 heavy (non-hydrogen) atoms. The summed E-state index contributed by atoms with van der Waals surface area (Å²) in [6.45, 7) is 1.78. The van der Waals surface area contributed by atoms with E-state index >= 15 is 0 Å². The van der Waals surface area contributed by atoms with Gasteiger partial charge in [0.05, 0.1) is 0 Å². The SMILES string of the molecule is CN=C(C)NCl. The first-order chi connectivity index (χ1) is 2.81. The molecular weight excluding hydrogens is 99.5 g/mol. The molecule has 0 aliphatic heterocycles. The number of hydrogen-bond donors (Lipinski definition) is 1. The van der Waals surface area contributed by atoms with E-state index in [0.29, 0.717) is 0 Å². The Morgan fingerprint density at radius 1 is 1.83 bits per heavy atom. The van der Waals surface area contributed by atoms with Crippen LogP contribution in [-0.4, -0.2) is 12.9 Å². The average Bonchev–Trinajstić information content (AvgIpc) is 1.65. The van der Waals surface area contributed by atoms with Gasteiger partial charge in [-0.15, -0.1) is 0 Å². The van der Waals surface area contributed by atoms with Gasteiger partial charge in [-0.3, -0.25) is 9.83 Å². The van der Waals surface area contributed by atoms with Crippen molar-refractivity contribution in [3.05, 3.63) is 0 Å². The van der Waals surface area contributed by atoms with E-state index in [-0.39, 0.29) is 0 Å². The van der Waals surface area contributed by atoms with Gasteiger partial charge >= 0.3 is 0 Å². The molecule has 0 radical (unpaired) electrons. The molecule has 0 saturated heterocycles. The summed E-state index contributed by atoms with van der Waals surface area (Å²) >= 11 is 5.07. The minimum absolute atomic E-state index is 0.733. The first-order valence-corrected chi connectivity index (χ1v) is 1.99. The van der Waals surface area contributed by atoms with Crippen molar-refractivity contribution < 1.29 is 0 Å². The van der Waals surface area contributed by atoms with E-state index in [1.807, 2.05) is 0 Å². The van der Waals surface area contributed by atoms with E-state index in [1.165, 1.54) is 0 Å². The fraction of sp³-hybridized carbons (Fsp3) is 0.667. The van der Waals surface area contributed by atoms with Crippen LogP contribution in [0.3, 0.4) is 0 Å². The molecule has 0 spiro atoms. The molecule has 0 aliphatic carbocycles. The summed E-state index contributed by atoms with van der Waals surface area (Å²) in [5.41, 5.74) is 0. The third-order valence-corrected chi connectivity index (χ3v) is 0.746. The summed E-state index contributed by atoms with van der Waals surface area (Å²) in [5.74, 6) is 0.733. The van der Waals surface area contributed by atoms with Crippen molar-refractivity contribution in [1.82, 2.24) is 4.84 Å². The van der Waals surface area contributed by atoms with Crippen LogP contribution in [0.4, 0.5) is 0 Å². The summed E-state index contributed by atoms with van der Waals surface area (Å²) in [6.07, 6.45) is 0. The van der Waals surface area contributed by atoms with Crippen LogP contribution in [0, 0.1) is 0 Å². The monoisotopic (exact) mass is 106 g/mol. The largest absolute Gasteiger partial charge is 0.287 e. The highest BCUT2D eigenvalue weighted by Gasteiger charge is 1.73. The number of nitrogens with one attached hydrogen (secondary N) is 1. The van der Waals surface area contributed by atoms with Crippen molar-refractivity contribution in [3.8, 4) is 0 Å². The highest BCUT2D eigenvalue weighted by Crippen LogP contribution is 1.66. The molecule has 0 unspecified atom stereocenters. The van der Waals surface area contributed by atoms with Gasteiger partial charge in [-0.25, -0.2) is 0 Å². The Kier molecular flexibility index (Phi) is 2.85. The van der Waals surface area contributed by atoms with Crippen LogP contribution in [0.5, 0.6) is 0 Å². The molecule has 36 valence electrons. The summed E-state index contributed by atoms with van der Waals surface area (Å²) < 4.78 is 0. The van der Waals surface area contributed by atoms with E-state index < -0.39 is 0 Å². The lowest BCUT2D eigenvalue weighted by Gasteiger charge is -1.86. The van der Waals surface area contributed by atoms with E-state index in [9.17, 15) is 0 Å². The quantitative estimate of drug-likeness (QED) is 0.276. The Balaban J connectivity index is 3.22. The van der Waals surface area contributed by atoms with Crippen molar-refractivity contribution in [2.24, 2.45) is 4.99 Å². The van der Waals surface area contributed by atoms with Crippen LogP contribution in [0.2, 0.25) is 0 Å². The van der Waals surface area contributed by atoms with Gasteiger partial charge in [0.15, 0.2) is 0 Å². The van der Waals surface area contributed by atoms with Crippen molar-refractivity contribution >= 4 is 17.6 Å². The van der Waals surface area contributed by atoms with Gasteiger partial charge in [-0.05, 0) is 6.92 Å². The number of nitrogens with zero attached hydrogens (tertiary/aromatic N) is 1. The lowest BCUT2D eigenvalue weighted by molar-refractivity contribution is 1.33. The van der Waals surface area contributed by atoms with Crippen LogP contribution >= 0.6 is 11.8 Å². The molecule has 2 nitrogen and oxygen atoms in total. The smallest absolute Gasteiger partial charge is 0.107 e. The number of hydrogen-bond acceptors (Lipinski definition) is 1. The minimum atomic E-state index is 0.733. The van der Waals surface area contributed by atoms with Gasteiger partial charge in [-0.1, -0.05) is 0 Å². The Morgan fingerprint density at radius 3 is 2.33 bits per heavy atom. The van der Waals surface area contributed by atoms with E-state index in [4.69, 9.17) is 11.8 Å². The van der Waals surface area contributed by atoms with Gasteiger partial charge in [0.25, 0.3) is 0 Å². The lowest BCUT2D eigenvalue weighted by Crippen LogP contribution is -2.05. The highest BCUT2D eigenvalue weighted by molar-refractivity contribution is 6.21. The third-order valence-electron chi connectivity index (χ3n) is 0.472. The van der Waals surface area contributed by atoms with Crippen LogP contribution in [0.25, 0.3) is 0 Å². The van der Waals surface area contributed by atoms with E-state index in [2.05, 4.69) is 9.83 Å². The number of aliphatic imine (C=N–C) groups is 1. The second-order valence-corrected chi connectivity index (χ2v) is 1.09. The molecule has 3 heteroatoms. The molecule has 0 heterocycles. The maximum Gasteiger partial charge on any atom is 0.107 e. The van der Waals surface area contributed by atoms with Crippen molar-refractivity contribution in [1.29, 1.82) is 0 Å². The topological polar surface area (TPSA) is 24.4 Å². The number of halogens is 1. The van der Waals surface area contributed by atoms with Crippen LogP contribution < -0.4 is 4.84 Å². The highest BCUT2D eigenvalue weighted by atomic mass is 35.5. The molecule has 0 amide bonds. The zero-order valence-electron chi connectivity index (χ0n) is 3.83. The molecule has 0 aromatic carbocycles. The molecule has 0 saturated carbocycles. The van der Waals surface area contributed by atoms with Gasteiger partial charge in [0.1, 0.15) is 5.84 Å². The molecule has 1 N–H and O–H groups in total. The molecular formula is C3H7ClN2. The minimum Gasteiger partial charge on any atom is -0.287 e. The predicted octanol–water partition coefficient (Wildman–Crippen LogP) is 0.778. The third kappa shape index (κ3) is 2.03. The summed E-state index contributed by atoms with van der Waals surface area (Å²) in [6, 6.07) is 0. The number of rotatable bonds is 0. The second-order valence-electron chi connectivity index (χ2n) is 0.904. The van der Waals surface area contributed by atoms with Gasteiger partial charge < -0.3 is 0 Å². The zero-order chi connectivity index (χ0) is 4.99. The van der Waals surface area contributed by atoms with E-state index in [1.54, 1.807) is 14.0 Å². The molecule has 0 rings (SSSR count). The molecule has 0 fully saturated rings. The van der Waals surface area contributed by atoms with E-state index in [0.717, 1.165) is 5.84 Å². The van der Waals surface area contributed by atoms with Crippen molar-refractivity contribution in [3.63, 3.8) is 0 Å². The Labute approximate surface area is 42.3 Å². The maximum absolute atomic E-state index is 5.07. The first-order valence-electron chi connectivity index (χ1n) is 1.61. The zero-order valence-corrected chi connectivity index (χ0v) is 4.58. The number of amidine groups is 1. The molecule has 0 aromatic rings. The van der Waals surface area contributed by atoms with Crippen molar-refractivity contribution in [2.45, 2.75) is 6.92 Å². The Hall–Kier alpha value is -0.240. The summed E-state index contributed by atoms with van der Waals surface area (Å²) in [4.78, 5) is 6.02. The van der Waals surface area contributed by atoms with Gasteiger partial charge in [0, 0.05) is 18.8 Å². The normalized spacial score (nSPS) is 11.5.